The number of benzene rings is 1. The highest BCUT2D eigenvalue weighted by Gasteiger charge is 2.14. The summed E-state index contributed by atoms with van der Waals surface area (Å²) in [6, 6.07) is 2.13. The largest absolute Gasteiger partial charge is 0.376 e. The Morgan fingerprint density at radius 3 is 2.68 bits per heavy atom. The molecule has 1 heterocycles. The molecule has 2 rings (SSSR count). The number of nitrogens with one attached hydrogen (secondary N) is 1. The summed E-state index contributed by atoms with van der Waals surface area (Å²) in [4.78, 5) is 0. The summed E-state index contributed by atoms with van der Waals surface area (Å²) in [5, 5.41) is 7.23. The van der Waals surface area contributed by atoms with Crippen LogP contribution in [0, 0.1) is 18.6 Å². The summed E-state index contributed by atoms with van der Waals surface area (Å²) < 4.78 is 29.1. The smallest absolute Gasteiger partial charge is 0.128 e. The van der Waals surface area contributed by atoms with Gasteiger partial charge in [0, 0.05) is 18.3 Å². The number of aromatic nitrogens is 2. The Labute approximate surface area is 111 Å². The van der Waals surface area contributed by atoms with Gasteiger partial charge in [-0.1, -0.05) is 0 Å². The van der Waals surface area contributed by atoms with Gasteiger partial charge in [0.25, 0.3) is 0 Å². The van der Waals surface area contributed by atoms with E-state index in [4.69, 9.17) is 0 Å². The Hall–Kier alpha value is -1.91. The second-order valence-corrected chi connectivity index (χ2v) is 4.57. The standard InChI is InChI=1S/C14H17F2N3/c1-4-19-8-11(7-17-19)18-10(3)12-6-13(15)9(2)5-14(12)16/h5-8,10,18H,4H2,1-3H3. The average Bonchev–Trinajstić information content (AvgIpc) is 2.81. The topological polar surface area (TPSA) is 29.9 Å². The van der Waals surface area contributed by atoms with Gasteiger partial charge in [0.05, 0.1) is 17.9 Å². The summed E-state index contributed by atoms with van der Waals surface area (Å²) in [6.45, 7) is 6.08. The molecule has 0 spiro atoms. The minimum atomic E-state index is -0.401. The quantitative estimate of drug-likeness (QED) is 0.914. The molecule has 0 aliphatic rings. The Morgan fingerprint density at radius 2 is 2.05 bits per heavy atom. The molecule has 1 aromatic carbocycles. The van der Waals surface area contributed by atoms with Gasteiger partial charge in [0.1, 0.15) is 11.6 Å². The summed E-state index contributed by atoms with van der Waals surface area (Å²) in [5.74, 6) is -0.795. The van der Waals surface area contributed by atoms with E-state index in [1.54, 1.807) is 24.7 Å². The molecule has 5 heteroatoms. The molecular formula is C14H17F2N3. The zero-order chi connectivity index (χ0) is 14.0. The van der Waals surface area contributed by atoms with Crippen LogP contribution < -0.4 is 5.32 Å². The number of rotatable bonds is 4. The molecule has 0 radical (unpaired) electrons. The second-order valence-electron chi connectivity index (χ2n) is 4.57. The van der Waals surface area contributed by atoms with Crippen LogP contribution in [0.1, 0.15) is 31.0 Å². The van der Waals surface area contributed by atoms with Gasteiger partial charge in [-0.2, -0.15) is 5.10 Å². The molecule has 1 aromatic heterocycles. The second kappa shape index (κ2) is 5.38. The lowest BCUT2D eigenvalue weighted by Crippen LogP contribution is -2.09. The Morgan fingerprint density at radius 1 is 1.32 bits per heavy atom. The molecule has 2 aromatic rings. The van der Waals surface area contributed by atoms with E-state index >= 15 is 0 Å². The van der Waals surface area contributed by atoms with Gasteiger partial charge in [-0.15, -0.1) is 0 Å². The molecule has 19 heavy (non-hydrogen) atoms. The molecule has 1 atom stereocenters. The molecule has 0 amide bonds. The van der Waals surface area contributed by atoms with Crippen LogP contribution in [0.25, 0.3) is 0 Å². The van der Waals surface area contributed by atoms with Crippen LogP contribution in [0.15, 0.2) is 24.5 Å². The van der Waals surface area contributed by atoms with Gasteiger partial charge in [-0.25, -0.2) is 8.78 Å². The SMILES string of the molecule is CCn1cc(NC(C)c2cc(F)c(C)cc2F)cn1. The van der Waals surface area contributed by atoms with Gasteiger partial charge in [0.2, 0.25) is 0 Å². The Balaban J connectivity index is 2.19. The van der Waals surface area contributed by atoms with Crippen LogP contribution in [-0.4, -0.2) is 9.78 Å². The molecule has 0 bridgehead atoms. The molecule has 0 aliphatic carbocycles. The normalized spacial score (nSPS) is 12.5. The van der Waals surface area contributed by atoms with Crippen molar-refractivity contribution >= 4 is 5.69 Å². The van der Waals surface area contributed by atoms with E-state index in [2.05, 4.69) is 10.4 Å². The highest BCUT2D eigenvalue weighted by Crippen LogP contribution is 2.23. The fourth-order valence-electron chi connectivity index (χ4n) is 1.93. The summed E-state index contributed by atoms with van der Waals surface area (Å²) >= 11 is 0. The minimum Gasteiger partial charge on any atom is -0.376 e. The van der Waals surface area contributed by atoms with Crippen LogP contribution in [0.5, 0.6) is 0 Å². The first kappa shape index (κ1) is 13.5. The van der Waals surface area contributed by atoms with Crippen molar-refractivity contribution in [3.8, 4) is 0 Å². The third-order valence-electron chi connectivity index (χ3n) is 3.08. The van der Waals surface area contributed by atoms with E-state index in [9.17, 15) is 8.78 Å². The van der Waals surface area contributed by atoms with Crippen LogP contribution >= 0.6 is 0 Å². The minimum absolute atomic E-state index is 0.312. The lowest BCUT2D eigenvalue weighted by molar-refractivity contribution is 0.571. The number of halogens is 2. The van der Waals surface area contributed by atoms with Crippen molar-refractivity contribution in [1.29, 1.82) is 0 Å². The predicted molar refractivity (Wildman–Crippen MR) is 71.0 cm³/mol. The van der Waals surface area contributed by atoms with E-state index < -0.39 is 11.6 Å². The Bertz CT molecular complexity index is 578. The third-order valence-corrected chi connectivity index (χ3v) is 3.08. The van der Waals surface area contributed by atoms with Crippen LogP contribution in [0.3, 0.4) is 0 Å². The van der Waals surface area contributed by atoms with Crippen molar-refractivity contribution in [3.63, 3.8) is 0 Å². The lowest BCUT2D eigenvalue weighted by Gasteiger charge is -2.15. The highest BCUT2D eigenvalue weighted by atomic mass is 19.1. The molecule has 1 unspecified atom stereocenters. The first-order chi connectivity index (χ1) is 9.01. The monoisotopic (exact) mass is 265 g/mol. The molecule has 102 valence electrons. The van der Waals surface area contributed by atoms with Gasteiger partial charge >= 0.3 is 0 Å². The number of aryl methyl sites for hydroxylation is 2. The lowest BCUT2D eigenvalue weighted by atomic mass is 10.0. The van der Waals surface area contributed by atoms with Gasteiger partial charge in [-0.05, 0) is 38.5 Å². The molecule has 0 fully saturated rings. The zero-order valence-corrected chi connectivity index (χ0v) is 11.2. The summed E-state index contributed by atoms with van der Waals surface area (Å²) in [6.07, 6.45) is 3.50. The maximum absolute atomic E-state index is 13.8. The van der Waals surface area contributed by atoms with Crippen LogP contribution in [0.2, 0.25) is 0 Å². The van der Waals surface area contributed by atoms with E-state index in [1.807, 2.05) is 13.1 Å². The Kier molecular flexibility index (Phi) is 3.83. The van der Waals surface area contributed by atoms with Gasteiger partial charge in [0.15, 0.2) is 0 Å². The molecule has 0 aliphatic heterocycles. The van der Waals surface area contributed by atoms with E-state index in [0.29, 0.717) is 11.1 Å². The average molecular weight is 265 g/mol. The van der Waals surface area contributed by atoms with Crippen molar-refractivity contribution in [3.05, 3.63) is 47.3 Å². The van der Waals surface area contributed by atoms with Crippen LogP contribution in [0.4, 0.5) is 14.5 Å². The maximum atomic E-state index is 13.8. The predicted octanol–water partition coefficient (Wildman–Crippen LogP) is 3.66. The maximum Gasteiger partial charge on any atom is 0.128 e. The third kappa shape index (κ3) is 2.92. The molecule has 3 nitrogen and oxygen atoms in total. The van der Waals surface area contributed by atoms with E-state index in [0.717, 1.165) is 12.2 Å². The highest BCUT2D eigenvalue weighted by molar-refractivity contribution is 5.42. The number of hydrogen-bond acceptors (Lipinski definition) is 2. The molecule has 0 saturated heterocycles. The van der Waals surface area contributed by atoms with E-state index in [-0.39, 0.29) is 6.04 Å². The first-order valence-corrected chi connectivity index (χ1v) is 6.25. The molecule has 1 N–H and O–H groups in total. The van der Waals surface area contributed by atoms with Crippen molar-refractivity contribution in [1.82, 2.24) is 9.78 Å². The van der Waals surface area contributed by atoms with Crippen molar-refractivity contribution in [2.45, 2.75) is 33.4 Å². The zero-order valence-electron chi connectivity index (χ0n) is 11.2. The fraction of sp³-hybridized carbons (Fsp3) is 0.357. The van der Waals surface area contributed by atoms with E-state index in [1.165, 1.54) is 12.1 Å². The van der Waals surface area contributed by atoms with Crippen molar-refractivity contribution in [2.75, 3.05) is 5.32 Å². The van der Waals surface area contributed by atoms with Crippen molar-refractivity contribution < 1.29 is 8.78 Å². The molecule has 0 saturated carbocycles. The fourth-order valence-corrected chi connectivity index (χ4v) is 1.93. The first-order valence-electron chi connectivity index (χ1n) is 6.25. The van der Waals surface area contributed by atoms with Gasteiger partial charge < -0.3 is 5.32 Å². The summed E-state index contributed by atoms with van der Waals surface area (Å²) in [7, 11) is 0. The summed E-state index contributed by atoms with van der Waals surface area (Å²) in [5.41, 5.74) is 1.41. The number of nitrogens with zero attached hydrogens (tertiary/aromatic N) is 2. The van der Waals surface area contributed by atoms with Crippen molar-refractivity contribution in [2.24, 2.45) is 0 Å². The van der Waals surface area contributed by atoms with Gasteiger partial charge in [-0.3, -0.25) is 4.68 Å². The molecular weight excluding hydrogens is 248 g/mol. The number of anilines is 1. The number of hydrogen-bond donors (Lipinski definition) is 1. The van der Waals surface area contributed by atoms with Crippen LogP contribution in [-0.2, 0) is 6.54 Å².